The number of rotatable bonds is 3. The van der Waals surface area contributed by atoms with Gasteiger partial charge in [0.2, 0.25) is 0 Å². The van der Waals surface area contributed by atoms with E-state index in [1.807, 2.05) is 60.7 Å². The van der Waals surface area contributed by atoms with Crippen molar-refractivity contribution >= 4 is 27.6 Å². The second-order valence-corrected chi connectivity index (χ2v) is 5.49. The minimum Gasteiger partial charge on any atom is -0.456 e. The molecular weight excluding hydrogens is 286 g/mol. The van der Waals surface area contributed by atoms with E-state index in [0.29, 0.717) is 5.69 Å². The molecular formula is C20H15NO2. The number of aromatic amines is 1. The lowest BCUT2D eigenvalue weighted by Gasteiger charge is -2.02. The van der Waals surface area contributed by atoms with Crippen LogP contribution in [0.15, 0.2) is 72.8 Å². The molecule has 4 aromatic rings. The third-order valence-electron chi connectivity index (χ3n) is 3.96. The van der Waals surface area contributed by atoms with E-state index in [1.54, 1.807) is 0 Å². The summed E-state index contributed by atoms with van der Waals surface area (Å²) in [6.07, 6.45) is 0. The van der Waals surface area contributed by atoms with Crippen molar-refractivity contribution in [3.05, 3.63) is 84.1 Å². The summed E-state index contributed by atoms with van der Waals surface area (Å²) in [5.74, 6) is -0.339. The monoisotopic (exact) mass is 301 g/mol. The molecule has 0 aliphatic heterocycles. The number of carbonyl (C=O) groups is 1. The first kappa shape index (κ1) is 13.6. The van der Waals surface area contributed by atoms with Crippen LogP contribution in [0.25, 0.3) is 21.7 Å². The summed E-state index contributed by atoms with van der Waals surface area (Å²) < 4.78 is 5.39. The van der Waals surface area contributed by atoms with Crippen molar-refractivity contribution in [2.75, 3.05) is 0 Å². The fraction of sp³-hybridized carbons (Fsp3) is 0.0500. The van der Waals surface area contributed by atoms with Gasteiger partial charge in [0.1, 0.15) is 12.3 Å². The molecule has 3 aromatic carbocycles. The number of hydrogen-bond donors (Lipinski definition) is 1. The molecule has 0 fully saturated rings. The van der Waals surface area contributed by atoms with E-state index in [-0.39, 0.29) is 12.6 Å². The molecule has 0 aliphatic rings. The second kappa shape index (κ2) is 5.61. The highest BCUT2D eigenvalue weighted by molar-refractivity contribution is 6.09. The fourth-order valence-corrected chi connectivity index (χ4v) is 2.80. The number of esters is 1. The number of H-pyrrole nitrogens is 1. The Kier molecular flexibility index (Phi) is 3.31. The van der Waals surface area contributed by atoms with Crippen LogP contribution in [0.3, 0.4) is 0 Å². The van der Waals surface area contributed by atoms with Crippen LogP contribution in [-0.2, 0) is 11.3 Å². The molecule has 0 saturated heterocycles. The topological polar surface area (TPSA) is 42.1 Å². The van der Waals surface area contributed by atoms with Gasteiger partial charge in [-0.25, -0.2) is 4.79 Å². The quantitative estimate of drug-likeness (QED) is 0.558. The van der Waals surface area contributed by atoms with Crippen molar-refractivity contribution < 1.29 is 9.53 Å². The third-order valence-corrected chi connectivity index (χ3v) is 3.96. The molecule has 0 amide bonds. The van der Waals surface area contributed by atoms with Gasteiger partial charge in [-0.1, -0.05) is 60.7 Å². The zero-order valence-corrected chi connectivity index (χ0v) is 12.5. The molecule has 1 heterocycles. The van der Waals surface area contributed by atoms with Crippen LogP contribution in [0.4, 0.5) is 0 Å². The standard InChI is InChI=1S/C20H15NO2/c22-20(23-13-14-6-2-1-3-7-14)19-12-17-16-9-5-4-8-15(16)10-11-18(17)21-19/h1-12,21H,13H2. The molecule has 0 spiro atoms. The first-order chi connectivity index (χ1) is 11.3. The summed E-state index contributed by atoms with van der Waals surface area (Å²) in [5.41, 5.74) is 2.39. The van der Waals surface area contributed by atoms with Crippen LogP contribution >= 0.6 is 0 Å². The number of benzene rings is 3. The molecule has 23 heavy (non-hydrogen) atoms. The predicted octanol–water partition coefficient (Wildman–Crippen LogP) is 4.68. The van der Waals surface area contributed by atoms with Crippen molar-refractivity contribution in [3.8, 4) is 0 Å². The zero-order chi connectivity index (χ0) is 15.6. The van der Waals surface area contributed by atoms with Gasteiger partial charge in [0.05, 0.1) is 0 Å². The van der Waals surface area contributed by atoms with E-state index in [4.69, 9.17) is 4.74 Å². The zero-order valence-electron chi connectivity index (χ0n) is 12.5. The molecule has 0 aliphatic carbocycles. The van der Waals surface area contributed by atoms with E-state index in [9.17, 15) is 4.79 Å². The van der Waals surface area contributed by atoms with Gasteiger partial charge < -0.3 is 9.72 Å². The average Bonchev–Trinajstić information content (AvgIpc) is 3.05. The maximum Gasteiger partial charge on any atom is 0.355 e. The average molecular weight is 301 g/mol. The van der Waals surface area contributed by atoms with Gasteiger partial charge in [-0.05, 0) is 28.5 Å². The second-order valence-electron chi connectivity index (χ2n) is 5.49. The van der Waals surface area contributed by atoms with E-state index in [2.05, 4.69) is 17.1 Å². The highest BCUT2D eigenvalue weighted by atomic mass is 16.5. The smallest absolute Gasteiger partial charge is 0.355 e. The minimum atomic E-state index is -0.339. The minimum absolute atomic E-state index is 0.274. The SMILES string of the molecule is O=C(OCc1ccccc1)c1cc2c(ccc3ccccc32)[nH]1. The molecule has 3 heteroatoms. The largest absolute Gasteiger partial charge is 0.456 e. The van der Waals surface area contributed by atoms with Gasteiger partial charge in [-0.2, -0.15) is 0 Å². The van der Waals surface area contributed by atoms with Gasteiger partial charge in [-0.15, -0.1) is 0 Å². The molecule has 0 unspecified atom stereocenters. The normalized spacial score (nSPS) is 11.0. The van der Waals surface area contributed by atoms with Gasteiger partial charge >= 0.3 is 5.97 Å². The summed E-state index contributed by atoms with van der Waals surface area (Å²) in [7, 11) is 0. The van der Waals surface area contributed by atoms with Crippen LogP contribution in [0.2, 0.25) is 0 Å². The highest BCUT2D eigenvalue weighted by Crippen LogP contribution is 2.26. The van der Waals surface area contributed by atoms with Gasteiger partial charge in [0.25, 0.3) is 0 Å². The molecule has 0 atom stereocenters. The van der Waals surface area contributed by atoms with E-state index in [1.165, 1.54) is 0 Å². The first-order valence-corrected chi connectivity index (χ1v) is 7.53. The Hall–Kier alpha value is -3.07. The molecule has 0 radical (unpaired) electrons. The van der Waals surface area contributed by atoms with Gasteiger partial charge in [-0.3, -0.25) is 0 Å². The van der Waals surface area contributed by atoms with Gasteiger partial charge in [0, 0.05) is 10.9 Å². The van der Waals surface area contributed by atoms with Crippen LogP contribution in [0.1, 0.15) is 16.1 Å². The molecule has 0 saturated carbocycles. The van der Waals surface area contributed by atoms with E-state index in [0.717, 1.165) is 27.2 Å². The summed E-state index contributed by atoms with van der Waals surface area (Å²) >= 11 is 0. The van der Waals surface area contributed by atoms with Crippen molar-refractivity contribution in [2.45, 2.75) is 6.61 Å². The van der Waals surface area contributed by atoms with Crippen LogP contribution in [0, 0.1) is 0 Å². The maximum atomic E-state index is 12.3. The third kappa shape index (κ3) is 2.57. The highest BCUT2D eigenvalue weighted by Gasteiger charge is 2.12. The summed E-state index contributed by atoms with van der Waals surface area (Å²) in [5, 5.41) is 3.32. The number of hydrogen-bond acceptors (Lipinski definition) is 2. The Morgan fingerprint density at radius 2 is 1.65 bits per heavy atom. The Bertz CT molecular complexity index is 986. The van der Waals surface area contributed by atoms with E-state index < -0.39 is 0 Å². The van der Waals surface area contributed by atoms with Crippen molar-refractivity contribution in [1.82, 2.24) is 4.98 Å². The number of fused-ring (bicyclic) bond motifs is 3. The predicted molar refractivity (Wildman–Crippen MR) is 91.4 cm³/mol. The maximum absolute atomic E-state index is 12.3. The number of aromatic nitrogens is 1. The Morgan fingerprint density at radius 1 is 0.870 bits per heavy atom. The molecule has 0 bridgehead atoms. The number of carbonyl (C=O) groups excluding carboxylic acids is 1. The van der Waals surface area contributed by atoms with Crippen molar-refractivity contribution in [1.29, 1.82) is 0 Å². The summed E-state index contributed by atoms with van der Waals surface area (Å²) in [4.78, 5) is 15.4. The Labute approximate surface area is 133 Å². The fourth-order valence-electron chi connectivity index (χ4n) is 2.80. The molecule has 1 N–H and O–H groups in total. The first-order valence-electron chi connectivity index (χ1n) is 7.53. The Balaban J connectivity index is 1.63. The van der Waals surface area contributed by atoms with E-state index >= 15 is 0 Å². The number of nitrogens with one attached hydrogen (secondary N) is 1. The van der Waals surface area contributed by atoms with Crippen molar-refractivity contribution in [2.24, 2.45) is 0 Å². The molecule has 4 rings (SSSR count). The van der Waals surface area contributed by atoms with Crippen molar-refractivity contribution in [3.63, 3.8) is 0 Å². The van der Waals surface area contributed by atoms with Crippen LogP contribution in [-0.4, -0.2) is 11.0 Å². The summed E-state index contributed by atoms with van der Waals surface area (Å²) in [6, 6.07) is 23.7. The summed E-state index contributed by atoms with van der Waals surface area (Å²) in [6.45, 7) is 0.274. The Morgan fingerprint density at radius 3 is 2.52 bits per heavy atom. The van der Waals surface area contributed by atoms with Crippen LogP contribution in [0.5, 0.6) is 0 Å². The molecule has 112 valence electrons. The lowest BCUT2D eigenvalue weighted by atomic mass is 10.1. The lowest BCUT2D eigenvalue weighted by Crippen LogP contribution is -2.05. The molecule has 3 nitrogen and oxygen atoms in total. The molecule has 1 aromatic heterocycles. The number of ether oxygens (including phenoxy) is 1. The lowest BCUT2D eigenvalue weighted by molar-refractivity contribution is 0.0467. The van der Waals surface area contributed by atoms with Crippen LogP contribution < -0.4 is 0 Å². The van der Waals surface area contributed by atoms with Gasteiger partial charge in [0.15, 0.2) is 0 Å².